The first-order valence-corrected chi connectivity index (χ1v) is 5.94. The first-order valence-electron chi connectivity index (χ1n) is 5.94. The van der Waals surface area contributed by atoms with E-state index >= 15 is 0 Å². The van der Waals surface area contributed by atoms with Crippen LogP contribution in [0.15, 0.2) is 24.3 Å². The molecule has 0 radical (unpaired) electrons. The molecule has 4 heteroatoms. The molecule has 0 fully saturated rings. The lowest BCUT2D eigenvalue weighted by molar-refractivity contribution is 0.164. The molecule has 4 nitrogen and oxygen atoms in total. The molecular formula is C14H18N2O2. The molecule has 0 heterocycles. The van der Waals surface area contributed by atoms with Gasteiger partial charge in [0.25, 0.3) is 0 Å². The van der Waals surface area contributed by atoms with Crippen molar-refractivity contribution in [2.24, 2.45) is 0 Å². The van der Waals surface area contributed by atoms with Gasteiger partial charge in [0, 0.05) is 13.6 Å². The van der Waals surface area contributed by atoms with Gasteiger partial charge in [0.05, 0.1) is 12.5 Å². The summed E-state index contributed by atoms with van der Waals surface area (Å²) in [7, 11) is 1.61. The van der Waals surface area contributed by atoms with E-state index in [0.717, 1.165) is 0 Å². The second-order valence-corrected chi connectivity index (χ2v) is 4.42. The highest BCUT2D eigenvalue weighted by molar-refractivity contribution is 5.70. The van der Waals surface area contributed by atoms with Gasteiger partial charge in [-0.2, -0.15) is 5.26 Å². The minimum absolute atomic E-state index is 0.303. The molecule has 0 unspecified atom stereocenters. The van der Waals surface area contributed by atoms with Crippen LogP contribution in [0.3, 0.4) is 0 Å². The van der Waals surface area contributed by atoms with Crippen LogP contribution in [0, 0.1) is 11.3 Å². The lowest BCUT2D eigenvalue weighted by atomic mass is 10.0. The summed E-state index contributed by atoms with van der Waals surface area (Å²) >= 11 is 0. The Morgan fingerprint density at radius 1 is 1.39 bits per heavy atom. The minimum Gasteiger partial charge on any atom is -0.410 e. The smallest absolute Gasteiger partial charge is 0.410 e. The summed E-state index contributed by atoms with van der Waals surface area (Å²) in [5.41, 5.74) is 1.20. The molecule has 0 spiro atoms. The Morgan fingerprint density at radius 3 is 2.50 bits per heavy atom. The largest absolute Gasteiger partial charge is 0.414 e. The van der Waals surface area contributed by atoms with E-state index in [1.807, 2.05) is 18.2 Å². The number of carbonyl (C=O) groups excluding carboxylic acids is 1. The number of amides is 1. The van der Waals surface area contributed by atoms with Crippen LogP contribution in [0.1, 0.15) is 31.7 Å². The molecule has 1 rings (SSSR count). The van der Waals surface area contributed by atoms with Crippen molar-refractivity contribution in [3.63, 3.8) is 0 Å². The van der Waals surface area contributed by atoms with E-state index in [1.165, 1.54) is 10.5 Å². The van der Waals surface area contributed by atoms with Crippen molar-refractivity contribution in [1.29, 1.82) is 5.26 Å². The molecule has 0 N–H and O–H groups in total. The Balaban J connectivity index is 2.57. The van der Waals surface area contributed by atoms with Gasteiger partial charge in [-0.15, -0.1) is 0 Å². The number of benzene rings is 1. The molecule has 0 atom stereocenters. The zero-order valence-corrected chi connectivity index (χ0v) is 11.0. The molecule has 1 aromatic rings. The zero-order valence-electron chi connectivity index (χ0n) is 11.0. The summed E-state index contributed by atoms with van der Waals surface area (Å²) in [4.78, 5) is 13.0. The molecule has 96 valence electrons. The SMILES string of the molecule is CC(C)c1ccc(OC(=O)N(C)CCC#N)cc1. The van der Waals surface area contributed by atoms with Crippen molar-refractivity contribution >= 4 is 6.09 Å². The summed E-state index contributed by atoms with van der Waals surface area (Å²) in [6.45, 7) is 4.59. The fraction of sp³-hybridized carbons (Fsp3) is 0.429. The number of ether oxygens (including phenoxy) is 1. The highest BCUT2D eigenvalue weighted by Crippen LogP contribution is 2.18. The highest BCUT2D eigenvalue weighted by atomic mass is 16.6. The molecule has 1 amide bonds. The van der Waals surface area contributed by atoms with E-state index in [4.69, 9.17) is 10.00 Å². The predicted molar refractivity (Wildman–Crippen MR) is 69.4 cm³/mol. The second kappa shape index (κ2) is 6.65. The Labute approximate surface area is 108 Å². The molecule has 0 bridgehead atoms. The van der Waals surface area contributed by atoms with Crippen LogP contribution in [0.5, 0.6) is 5.75 Å². The van der Waals surface area contributed by atoms with Gasteiger partial charge in [0.2, 0.25) is 0 Å². The topological polar surface area (TPSA) is 53.3 Å². The minimum atomic E-state index is -0.442. The number of rotatable bonds is 4. The molecule has 0 aromatic heterocycles. The zero-order chi connectivity index (χ0) is 13.5. The maximum absolute atomic E-state index is 11.6. The third kappa shape index (κ3) is 4.10. The Kier molecular flexibility index (Phi) is 5.19. The lowest BCUT2D eigenvalue weighted by Crippen LogP contribution is -2.30. The first-order chi connectivity index (χ1) is 8.54. The molecule has 0 aliphatic carbocycles. The van der Waals surface area contributed by atoms with Crippen molar-refractivity contribution < 1.29 is 9.53 Å². The molecule has 18 heavy (non-hydrogen) atoms. The Bertz CT molecular complexity index is 432. The van der Waals surface area contributed by atoms with Crippen molar-refractivity contribution in [2.75, 3.05) is 13.6 Å². The van der Waals surface area contributed by atoms with Gasteiger partial charge in [-0.1, -0.05) is 26.0 Å². The first kappa shape index (κ1) is 14.0. The average molecular weight is 246 g/mol. The number of hydrogen-bond donors (Lipinski definition) is 0. The van der Waals surface area contributed by atoms with E-state index in [9.17, 15) is 4.79 Å². The quantitative estimate of drug-likeness (QED) is 0.820. The average Bonchev–Trinajstić information content (AvgIpc) is 2.36. The highest BCUT2D eigenvalue weighted by Gasteiger charge is 2.10. The van der Waals surface area contributed by atoms with E-state index < -0.39 is 6.09 Å². The van der Waals surface area contributed by atoms with Crippen molar-refractivity contribution in [3.05, 3.63) is 29.8 Å². The van der Waals surface area contributed by atoms with Gasteiger partial charge in [0.15, 0.2) is 0 Å². The maximum Gasteiger partial charge on any atom is 0.414 e. The summed E-state index contributed by atoms with van der Waals surface area (Å²) < 4.78 is 5.19. The van der Waals surface area contributed by atoms with Crippen LogP contribution < -0.4 is 4.74 Å². The van der Waals surface area contributed by atoms with Crippen LogP contribution in [0.4, 0.5) is 4.79 Å². The van der Waals surface area contributed by atoms with Crippen LogP contribution in [0.2, 0.25) is 0 Å². The third-order valence-electron chi connectivity index (χ3n) is 2.62. The van der Waals surface area contributed by atoms with Crippen LogP contribution in [-0.4, -0.2) is 24.6 Å². The summed E-state index contributed by atoms with van der Waals surface area (Å²) in [6.07, 6.45) is -0.139. The van der Waals surface area contributed by atoms with E-state index in [-0.39, 0.29) is 0 Å². The van der Waals surface area contributed by atoms with Crippen molar-refractivity contribution in [2.45, 2.75) is 26.2 Å². The summed E-state index contributed by atoms with van der Waals surface area (Å²) in [6, 6.07) is 9.45. The van der Waals surface area contributed by atoms with Crippen molar-refractivity contribution in [3.8, 4) is 11.8 Å². The monoisotopic (exact) mass is 246 g/mol. The third-order valence-corrected chi connectivity index (χ3v) is 2.62. The molecule has 0 aliphatic rings. The van der Waals surface area contributed by atoms with Gasteiger partial charge in [-0.3, -0.25) is 0 Å². The molecule has 0 aliphatic heterocycles. The number of hydrogen-bond acceptors (Lipinski definition) is 3. The predicted octanol–water partition coefficient (Wildman–Crippen LogP) is 3.15. The van der Waals surface area contributed by atoms with Gasteiger partial charge >= 0.3 is 6.09 Å². The van der Waals surface area contributed by atoms with Gasteiger partial charge in [-0.05, 0) is 23.6 Å². The Morgan fingerprint density at radius 2 is 2.00 bits per heavy atom. The van der Waals surface area contributed by atoms with Gasteiger partial charge in [-0.25, -0.2) is 4.79 Å². The summed E-state index contributed by atoms with van der Waals surface area (Å²) in [5.74, 6) is 0.973. The molecule has 0 saturated heterocycles. The van der Waals surface area contributed by atoms with E-state index in [1.54, 1.807) is 19.2 Å². The summed E-state index contributed by atoms with van der Waals surface area (Å²) in [5, 5.41) is 8.44. The van der Waals surface area contributed by atoms with Gasteiger partial charge in [0.1, 0.15) is 5.75 Å². The van der Waals surface area contributed by atoms with Crippen molar-refractivity contribution in [1.82, 2.24) is 4.90 Å². The normalized spacial score (nSPS) is 9.94. The fourth-order valence-corrected chi connectivity index (χ4v) is 1.41. The fourth-order valence-electron chi connectivity index (χ4n) is 1.41. The van der Waals surface area contributed by atoms with Crippen LogP contribution >= 0.6 is 0 Å². The van der Waals surface area contributed by atoms with Gasteiger partial charge < -0.3 is 9.64 Å². The van der Waals surface area contributed by atoms with Crippen LogP contribution in [0.25, 0.3) is 0 Å². The Hall–Kier alpha value is -2.02. The molecule has 1 aromatic carbocycles. The number of nitriles is 1. The van der Waals surface area contributed by atoms with E-state index in [0.29, 0.717) is 24.6 Å². The maximum atomic E-state index is 11.6. The molecule has 0 saturated carbocycles. The molecular weight excluding hydrogens is 228 g/mol. The number of carbonyl (C=O) groups is 1. The number of nitrogens with zero attached hydrogens (tertiary/aromatic N) is 2. The standard InChI is InChI=1S/C14H18N2O2/c1-11(2)12-5-7-13(8-6-12)18-14(17)16(3)10-4-9-15/h5-8,11H,4,10H2,1-3H3. The second-order valence-electron chi connectivity index (χ2n) is 4.42. The van der Waals surface area contributed by atoms with E-state index in [2.05, 4.69) is 13.8 Å². The lowest BCUT2D eigenvalue weighted by Gasteiger charge is -2.15. The van der Waals surface area contributed by atoms with Crippen LogP contribution in [-0.2, 0) is 0 Å².